The van der Waals surface area contributed by atoms with Crippen molar-refractivity contribution in [3.05, 3.63) is 70.5 Å². The molecule has 2 aromatic rings. The third kappa shape index (κ3) is 2.36. The molecule has 0 radical (unpaired) electrons. The lowest BCUT2D eigenvalue weighted by Crippen LogP contribution is -2.49. The lowest BCUT2D eigenvalue weighted by atomic mass is 9.72. The Morgan fingerprint density at radius 1 is 1.08 bits per heavy atom. The molecule has 0 unspecified atom stereocenters. The third-order valence-electron chi connectivity index (χ3n) is 6.78. The topological polar surface area (TPSA) is 35.5 Å². The fraction of sp³-hybridized carbons (Fsp3) is 0.455. The number of halogens is 1. The summed E-state index contributed by atoms with van der Waals surface area (Å²) in [6.07, 6.45) is 2.45. The van der Waals surface area contributed by atoms with Crippen LogP contribution in [0.3, 0.4) is 0 Å². The zero-order valence-corrected chi connectivity index (χ0v) is 14.9. The van der Waals surface area contributed by atoms with Gasteiger partial charge in [0.25, 0.3) is 0 Å². The van der Waals surface area contributed by atoms with Gasteiger partial charge in [-0.15, -0.1) is 0 Å². The summed E-state index contributed by atoms with van der Waals surface area (Å²) in [4.78, 5) is 2.36. The van der Waals surface area contributed by atoms with E-state index in [1.54, 1.807) is 12.1 Å². The Kier molecular flexibility index (Phi) is 3.89. The number of rotatable bonds is 1. The van der Waals surface area contributed by atoms with Crippen LogP contribution in [0.15, 0.2) is 42.5 Å². The molecule has 1 fully saturated rings. The molecule has 0 amide bonds. The van der Waals surface area contributed by atoms with E-state index in [9.17, 15) is 9.50 Å². The van der Waals surface area contributed by atoms with Crippen molar-refractivity contribution < 1.29 is 9.50 Å². The Morgan fingerprint density at radius 3 is 2.73 bits per heavy atom. The van der Waals surface area contributed by atoms with Gasteiger partial charge in [0, 0.05) is 18.5 Å². The molecule has 2 aliphatic heterocycles. The molecule has 2 heterocycles. The minimum Gasteiger partial charge on any atom is -0.390 e. The minimum absolute atomic E-state index is 0.000664. The molecule has 4 heteroatoms. The largest absolute Gasteiger partial charge is 0.390 e. The molecule has 1 aliphatic carbocycles. The van der Waals surface area contributed by atoms with Crippen LogP contribution in [0.2, 0.25) is 0 Å². The van der Waals surface area contributed by atoms with Gasteiger partial charge in [-0.3, -0.25) is 4.90 Å². The number of nitrogens with zero attached hydrogens (tertiary/aromatic N) is 1. The number of nitrogens with one attached hydrogen (secondary N) is 1. The van der Waals surface area contributed by atoms with Crippen LogP contribution in [0.5, 0.6) is 0 Å². The lowest BCUT2D eigenvalue weighted by molar-refractivity contribution is -0.00670. The van der Waals surface area contributed by atoms with Crippen molar-refractivity contribution in [1.82, 2.24) is 10.2 Å². The van der Waals surface area contributed by atoms with E-state index in [0.29, 0.717) is 6.54 Å². The predicted octanol–water partition coefficient (Wildman–Crippen LogP) is 2.92. The van der Waals surface area contributed by atoms with Gasteiger partial charge >= 0.3 is 0 Å². The molecular formula is C22H25FN2O. The van der Waals surface area contributed by atoms with Crippen LogP contribution >= 0.6 is 0 Å². The molecule has 136 valence electrons. The minimum atomic E-state index is -0.405. The molecule has 0 bridgehead atoms. The summed E-state index contributed by atoms with van der Waals surface area (Å²) in [7, 11) is 0. The zero-order valence-electron chi connectivity index (χ0n) is 14.9. The molecule has 1 spiro atoms. The van der Waals surface area contributed by atoms with E-state index in [-0.39, 0.29) is 17.3 Å². The Hall–Kier alpha value is -1.75. The highest BCUT2D eigenvalue weighted by Crippen LogP contribution is 2.52. The smallest absolute Gasteiger partial charge is 0.123 e. The summed E-state index contributed by atoms with van der Waals surface area (Å²) in [5.74, 6) is -0.173. The van der Waals surface area contributed by atoms with E-state index in [2.05, 4.69) is 34.5 Å². The lowest BCUT2D eigenvalue weighted by Gasteiger charge is -2.42. The Bertz CT molecular complexity index is 831. The Balaban J connectivity index is 1.53. The second-order valence-corrected chi connectivity index (χ2v) is 8.02. The highest BCUT2D eigenvalue weighted by atomic mass is 19.1. The van der Waals surface area contributed by atoms with Gasteiger partial charge in [-0.1, -0.05) is 30.3 Å². The molecule has 5 rings (SSSR count). The zero-order chi connectivity index (χ0) is 17.7. The average molecular weight is 352 g/mol. The van der Waals surface area contributed by atoms with Crippen molar-refractivity contribution in [2.45, 2.75) is 43.4 Å². The van der Waals surface area contributed by atoms with Crippen LogP contribution in [0, 0.1) is 5.82 Å². The van der Waals surface area contributed by atoms with E-state index >= 15 is 0 Å². The van der Waals surface area contributed by atoms with Crippen molar-refractivity contribution in [3.63, 3.8) is 0 Å². The highest BCUT2D eigenvalue weighted by Gasteiger charge is 2.53. The average Bonchev–Trinajstić information content (AvgIpc) is 2.90. The standard InChI is InChI=1S/C22H25FN2O/c23-17-6-5-15-7-12-25(14-16(15)13-17)20-18-3-1-2-4-19(18)22(21(20)26)8-10-24-11-9-22/h1-6,13,20-21,24,26H,7-12,14H2/t20-,21+/m1/s1. The highest BCUT2D eigenvalue weighted by molar-refractivity contribution is 5.46. The quantitative estimate of drug-likeness (QED) is 0.828. The van der Waals surface area contributed by atoms with E-state index in [4.69, 9.17) is 0 Å². The fourth-order valence-electron chi connectivity index (χ4n) is 5.46. The molecule has 2 aromatic carbocycles. The molecule has 0 aromatic heterocycles. The first kappa shape index (κ1) is 16.4. The number of fused-ring (bicyclic) bond motifs is 3. The maximum absolute atomic E-state index is 13.7. The number of hydrogen-bond acceptors (Lipinski definition) is 3. The maximum Gasteiger partial charge on any atom is 0.123 e. The maximum atomic E-state index is 13.7. The number of aliphatic hydroxyl groups is 1. The third-order valence-corrected chi connectivity index (χ3v) is 6.78. The summed E-state index contributed by atoms with van der Waals surface area (Å²) in [6.45, 7) is 3.51. The predicted molar refractivity (Wildman–Crippen MR) is 99.5 cm³/mol. The summed E-state index contributed by atoms with van der Waals surface area (Å²) >= 11 is 0. The molecular weight excluding hydrogens is 327 g/mol. The SMILES string of the molecule is O[C@H]1[C@H](N2CCc3ccc(F)cc3C2)c2ccccc2C12CCNCC2. The Morgan fingerprint density at radius 2 is 1.88 bits per heavy atom. The molecule has 3 nitrogen and oxygen atoms in total. The van der Waals surface area contributed by atoms with Crippen LogP contribution in [0.4, 0.5) is 4.39 Å². The van der Waals surface area contributed by atoms with Gasteiger partial charge in [-0.2, -0.15) is 0 Å². The monoisotopic (exact) mass is 352 g/mol. The van der Waals surface area contributed by atoms with Gasteiger partial charge in [-0.05, 0) is 66.7 Å². The van der Waals surface area contributed by atoms with E-state index in [1.807, 2.05) is 6.07 Å². The number of hydrogen-bond donors (Lipinski definition) is 2. The van der Waals surface area contributed by atoms with Crippen molar-refractivity contribution in [2.75, 3.05) is 19.6 Å². The van der Waals surface area contributed by atoms with Crippen LogP contribution in [0.25, 0.3) is 0 Å². The second-order valence-electron chi connectivity index (χ2n) is 8.02. The van der Waals surface area contributed by atoms with E-state index < -0.39 is 6.10 Å². The van der Waals surface area contributed by atoms with Crippen molar-refractivity contribution >= 4 is 0 Å². The molecule has 2 atom stereocenters. The van der Waals surface area contributed by atoms with Gasteiger partial charge in [0.1, 0.15) is 5.82 Å². The van der Waals surface area contributed by atoms with Gasteiger partial charge in [0.2, 0.25) is 0 Å². The number of benzene rings is 2. The van der Waals surface area contributed by atoms with E-state index in [1.165, 1.54) is 16.7 Å². The fourth-order valence-corrected chi connectivity index (χ4v) is 5.46. The van der Waals surface area contributed by atoms with Crippen molar-refractivity contribution in [1.29, 1.82) is 0 Å². The van der Waals surface area contributed by atoms with Crippen LogP contribution in [-0.4, -0.2) is 35.7 Å². The van der Waals surface area contributed by atoms with Gasteiger partial charge in [0.15, 0.2) is 0 Å². The van der Waals surface area contributed by atoms with Crippen molar-refractivity contribution in [2.24, 2.45) is 0 Å². The summed E-state index contributed by atoms with van der Waals surface area (Å²) < 4.78 is 13.7. The summed E-state index contributed by atoms with van der Waals surface area (Å²) in [5.41, 5.74) is 4.74. The normalized spacial score (nSPS) is 27.3. The first-order chi connectivity index (χ1) is 12.7. The van der Waals surface area contributed by atoms with Crippen LogP contribution in [-0.2, 0) is 18.4 Å². The van der Waals surface area contributed by atoms with Crippen LogP contribution in [0.1, 0.15) is 41.1 Å². The molecule has 26 heavy (non-hydrogen) atoms. The summed E-state index contributed by atoms with van der Waals surface area (Å²) in [6, 6.07) is 13.7. The van der Waals surface area contributed by atoms with Gasteiger partial charge in [-0.25, -0.2) is 4.39 Å². The van der Waals surface area contributed by atoms with E-state index in [0.717, 1.165) is 44.5 Å². The molecule has 0 saturated carbocycles. The molecule has 3 aliphatic rings. The van der Waals surface area contributed by atoms with Gasteiger partial charge < -0.3 is 10.4 Å². The molecule has 1 saturated heterocycles. The summed E-state index contributed by atoms with van der Waals surface area (Å²) in [5, 5.41) is 14.9. The number of aliphatic hydroxyl groups excluding tert-OH is 1. The van der Waals surface area contributed by atoms with Crippen LogP contribution < -0.4 is 5.32 Å². The molecule has 2 N–H and O–H groups in total. The van der Waals surface area contributed by atoms with Gasteiger partial charge in [0.05, 0.1) is 12.1 Å². The number of piperidine rings is 1. The van der Waals surface area contributed by atoms with Crippen molar-refractivity contribution in [3.8, 4) is 0 Å². The first-order valence-corrected chi connectivity index (χ1v) is 9.69. The second kappa shape index (κ2) is 6.15. The Labute approximate surface area is 153 Å². The first-order valence-electron chi connectivity index (χ1n) is 9.69.